The minimum Gasteiger partial charge on any atom is -0.441 e. The van der Waals surface area contributed by atoms with E-state index < -0.39 is 0 Å². The number of nitrogens with zero attached hydrogens (tertiary/aromatic N) is 5. The summed E-state index contributed by atoms with van der Waals surface area (Å²) in [5.74, 6) is 0.744. The number of fused-ring (bicyclic) bond motifs is 1. The Morgan fingerprint density at radius 2 is 2.35 bits per heavy atom. The largest absolute Gasteiger partial charge is 0.441 e. The van der Waals surface area contributed by atoms with Crippen LogP contribution in [0.25, 0.3) is 11.1 Å². The van der Waals surface area contributed by atoms with Crippen LogP contribution < -0.4 is 5.32 Å². The highest BCUT2D eigenvalue weighted by Gasteiger charge is 2.28. The summed E-state index contributed by atoms with van der Waals surface area (Å²) in [5, 5.41) is 15.1. The lowest BCUT2D eigenvalue weighted by Gasteiger charge is -2.05. The summed E-state index contributed by atoms with van der Waals surface area (Å²) in [4.78, 5) is 16.3. The van der Waals surface area contributed by atoms with E-state index in [4.69, 9.17) is 4.42 Å². The molecule has 8 nitrogen and oxygen atoms in total. The van der Waals surface area contributed by atoms with Crippen LogP contribution in [-0.4, -0.2) is 36.9 Å². The average Bonchev–Trinajstić information content (AvgIpc) is 3.14. The first kappa shape index (κ1) is 14.2. The van der Waals surface area contributed by atoms with Crippen molar-refractivity contribution in [3.8, 4) is 0 Å². The maximum atomic E-state index is 12.1. The molecular formula is C14H14N6O2S. The Morgan fingerprint density at radius 1 is 1.48 bits per heavy atom. The number of carbonyl (C=O) groups excluding carboxylic acids is 1. The van der Waals surface area contributed by atoms with E-state index in [9.17, 15) is 4.79 Å². The molecule has 0 unspecified atom stereocenters. The van der Waals surface area contributed by atoms with Crippen molar-refractivity contribution in [2.75, 3.05) is 11.1 Å². The number of aryl methyl sites for hydroxylation is 1. The fraction of sp³-hybridized carbons (Fsp3) is 0.357. The van der Waals surface area contributed by atoms with Crippen LogP contribution in [-0.2, 0) is 4.79 Å². The van der Waals surface area contributed by atoms with E-state index in [1.807, 2.05) is 0 Å². The Kier molecular flexibility index (Phi) is 3.49. The van der Waals surface area contributed by atoms with E-state index in [2.05, 4.69) is 25.8 Å². The fourth-order valence-corrected chi connectivity index (χ4v) is 3.02. The minimum absolute atomic E-state index is 0.111. The molecule has 1 aliphatic rings. The van der Waals surface area contributed by atoms with Crippen molar-refractivity contribution in [2.24, 2.45) is 0 Å². The first-order valence-corrected chi connectivity index (χ1v) is 8.25. The minimum atomic E-state index is -0.111. The monoisotopic (exact) mass is 330 g/mol. The van der Waals surface area contributed by atoms with E-state index in [0.29, 0.717) is 28.4 Å². The lowest BCUT2D eigenvalue weighted by Crippen LogP contribution is -2.14. The third kappa shape index (κ3) is 3.04. The molecule has 1 saturated carbocycles. The van der Waals surface area contributed by atoms with Crippen LogP contribution in [0.3, 0.4) is 0 Å². The van der Waals surface area contributed by atoms with E-state index in [-0.39, 0.29) is 11.7 Å². The van der Waals surface area contributed by atoms with Gasteiger partial charge in [0.1, 0.15) is 5.52 Å². The lowest BCUT2D eigenvalue weighted by molar-refractivity contribution is -0.113. The standard InChI is InChI=1S/C14H14N6O2S/c1-8-15-11-6-9(2-5-12(11)22-8)16-13(21)7-23-14-17-18-19-20(14)10-3-4-10/h2,5-6,10H,3-4,7H2,1H3,(H,16,21). The van der Waals surface area contributed by atoms with Crippen LogP contribution >= 0.6 is 11.8 Å². The predicted octanol–water partition coefficient (Wildman–Crippen LogP) is 2.19. The van der Waals surface area contributed by atoms with Crippen molar-refractivity contribution in [1.82, 2.24) is 25.2 Å². The zero-order valence-corrected chi connectivity index (χ0v) is 13.2. The van der Waals surface area contributed by atoms with Gasteiger partial charge < -0.3 is 9.73 Å². The third-order valence-corrected chi connectivity index (χ3v) is 4.40. The Morgan fingerprint density at radius 3 is 3.17 bits per heavy atom. The van der Waals surface area contributed by atoms with Gasteiger partial charge in [-0.25, -0.2) is 9.67 Å². The second-order valence-corrected chi connectivity index (χ2v) is 6.33. The van der Waals surface area contributed by atoms with Crippen molar-refractivity contribution < 1.29 is 9.21 Å². The summed E-state index contributed by atoms with van der Waals surface area (Å²) >= 11 is 1.34. The van der Waals surface area contributed by atoms with Gasteiger partial charge in [0.05, 0.1) is 11.8 Å². The number of oxazole rings is 1. The number of nitrogens with one attached hydrogen (secondary N) is 1. The SMILES string of the molecule is Cc1nc2cc(NC(=O)CSc3nnnn3C3CC3)ccc2o1. The molecule has 0 spiro atoms. The van der Waals surface area contributed by atoms with Crippen LogP contribution in [0, 0.1) is 6.92 Å². The second-order valence-electron chi connectivity index (χ2n) is 5.39. The van der Waals surface area contributed by atoms with Crippen LogP contribution in [0.2, 0.25) is 0 Å². The van der Waals surface area contributed by atoms with Crippen molar-refractivity contribution in [1.29, 1.82) is 0 Å². The van der Waals surface area contributed by atoms with E-state index in [0.717, 1.165) is 18.4 Å². The van der Waals surface area contributed by atoms with Gasteiger partial charge in [0, 0.05) is 12.6 Å². The van der Waals surface area contributed by atoms with Gasteiger partial charge >= 0.3 is 0 Å². The topological polar surface area (TPSA) is 98.7 Å². The van der Waals surface area contributed by atoms with Crippen molar-refractivity contribution in [3.05, 3.63) is 24.1 Å². The van der Waals surface area contributed by atoms with Crippen molar-refractivity contribution in [3.63, 3.8) is 0 Å². The summed E-state index contributed by atoms with van der Waals surface area (Å²) in [6.07, 6.45) is 2.20. The molecule has 2 aromatic heterocycles. The third-order valence-electron chi connectivity index (χ3n) is 3.47. The van der Waals surface area contributed by atoms with Gasteiger partial charge in [-0.3, -0.25) is 4.79 Å². The Labute approximate surface area is 135 Å². The maximum absolute atomic E-state index is 12.1. The van der Waals surface area contributed by atoms with Gasteiger partial charge in [0.2, 0.25) is 11.1 Å². The van der Waals surface area contributed by atoms with Gasteiger partial charge in [0.25, 0.3) is 0 Å². The average molecular weight is 330 g/mol. The smallest absolute Gasteiger partial charge is 0.234 e. The Hall–Kier alpha value is -2.42. The van der Waals surface area contributed by atoms with Gasteiger partial charge in [-0.05, 0) is 41.5 Å². The molecule has 9 heteroatoms. The van der Waals surface area contributed by atoms with Crippen LogP contribution in [0.15, 0.2) is 27.8 Å². The molecular weight excluding hydrogens is 316 g/mol. The molecule has 1 fully saturated rings. The summed E-state index contributed by atoms with van der Waals surface area (Å²) < 4.78 is 7.21. The maximum Gasteiger partial charge on any atom is 0.234 e. The number of hydrogen-bond donors (Lipinski definition) is 1. The Balaban J connectivity index is 1.39. The van der Waals surface area contributed by atoms with Crippen molar-refractivity contribution >= 4 is 34.5 Å². The number of benzene rings is 1. The van der Waals surface area contributed by atoms with Crippen LogP contribution in [0.4, 0.5) is 5.69 Å². The first-order chi connectivity index (χ1) is 11.2. The number of rotatable bonds is 5. The molecule has 1 aromatic carbocycles. The highest BCUT2D eigenvalue weighted by atomic mass is 32.2. The number of anilines is 1. The van der Waals surface area contributed by atoms with Crippen molar-refractivity contribution in [2.45, 2.75) is 31.0 Å². The van der Waals surface area contributed by atoms with E-state index in [1.54, 1.807) is 29.8 Å². The highest BCUT2D eigenvalue weighted by Crippen LogP contribution is 2.36. The fourth-order valence-electron chi connectivity index (χ4n) is 2.28. The molecule has 0 saturated heterocycles. The quantitative estimate of drug-likeness (QED) is 0.716. The van der Waals surface area contributed by atoms with E-state index >= 15 is 0 Å². The van der Waals surface area contributed by atoms with E-state index in [1.165, 1.54) is 11.8 Å². The summed E-state index contributed by atoms with van der Waals surface area (Å²) in [5.41, 5.74) is 2.13. The number of amides is 1. The highest BCUT2D eigenvalue weighted by molar-refractivity contribution is 7.99. The lowest BCUT2D eigenvalue weighted by atomic mass is 10.3. The number of hydrogen-bond acceptors (Lipinski definition) is 7. The van der Waals surface area contributed by atoms with Crippen LogP contribution in [0.1, 0.15) is 24.8 Å². The molecule has 2 heterocycles. The zero-order valence-electron chi connectivity index (χ0n) is 12.4. The van der Waals surface area contributed by atoms with Gasteiger partial charge in [-0.15, -0.1) is 5.10 Å². The number of thioether (sulfide) groups is 1. The number of aromatic nitrogens is 5. The van der Waals surface area contributed by atoms with Gasteiger partial charge in [0.15, 0.2) is 11.5 Å². The molecule has 118 valence electrons. The second kappa shape index (κ2) is 5.65. The first-order valence-electron chi connectivity index (χ1n) is 7.27. The number of carbonyl (C=O) groups is 1. The molecule has 0 bridgehead atoms. The van der Waals surface area contributed by atoms with Gasteiger partial charge in [-0.1, -0.05) is 11.8 Å². The summed E-state index contributed by atoms with van der Waals surface area (Å²) in [6.45, 7) is 1.79. The Bertz CT molecular complexity index is 869. The number of tetrazole rings is 1. The molecule has 3 aromatic rings. The normalized spacial score (nSPS) is 14.3. The molecule has 1 aliphatic carbocycles. The summed E-state index contributed by atoms with van der Waals surface area (Å²) in [6, 6.07) is 5.78. The molecule has 1 N–H and O–H groups in total. The summed E-state index contributed by atoms with van der Waals surface area (Å²) in [7, 11) is 0. The molecule has 0 aliphatic heterocycles. The zero-order chi connectivity index (χ0) is 15.8. The molecule has 1 amide bonds. The molecule has 0 atom stereocenters. The molecule has 0 radical (unpaired) electrons. The van der Waals surface area contributed by atoms with Gasteiger partial charge in [-0.2, -0.15) is 0 Å². The molecule has 4 rings (SSSR count). The molecule has 23 heavy (non-hydrogen) atoms. The predicted molar refractivity (Wildman–Crippen MR) is 84.2 cm³/mol. The van der Waals surface area contributed by atoms with Crippen LogP contribution in [0.5, 0.6) is 0 Å².